The van der Waals surface area contributed by atoms with Gasteiger partial charge >= 0.3 is 5.69 Å². The first-order chi connectivity index (χ1) is 10.5. The minimum Gasteiger partial charge on any atom is -0.390 e. The maximum atomic E-state index is 10.6. The van der Waals surface area contributed by atoms with E-state index in [0.717, 1.165) is 24.9 Å². The van der Waals surface area contributed by atoms with Gasteiger partial charge in [0.15, 0.2) is 0 Å². The zero-order valence-electron chi connectivity index (χ0n) is 13.4. The molecule has 124 valence electrons. The van der Waals surface area contributed by atoms with Gasteiger partial charge in [0.05, 0.1) is 17.6 Å². The van der Waals surface area contributed by atoms with Gasteiger partial charge in [-0.05, 0) is 24.8 Å². The van der Waals surface area contributed by atoms with Crippen LogP contribution in [0.3, 0.4) is 0 Å². The smallest absolute Gasteiger partial charge is 0.306 e. The van der Waals surface area contributed by atoms with Gasteiger partial charge in [0.2, 0.25) is 0 Å². The number of aliphatic hydroxyl groups is 1. The van der Waals surface area contributed by atoms with Crippen molar-refractivity contribution in [1.29, 1.82) is 0 Å². The van der Waals surface area contributed by atoms with Crippen molar-refractivity contribution in [3.63, 3.8) is 0 Å². The van der Waals surface area contributed by atoms with Gasteiger partial charge in [-0.1, -0.05) is 26.7 Å². The number of hydrogen-bond donors (Lipinski definition) is 1. The van der Waals surface area contributed by atoms with Crippen LogP contribution in [0.1, 0.15) is 33.1 Å². The number of aliphatic hydroxyl groups excluding tert-OH is 1. The molecule has 1 N–H and O–H groups in total. The highest BCUT2D eigenvalue weighted by Gasteiger charge is 2.28. The van der Waals surface area contributed by atoms with E-state index >= 15 is 0 Å². The maximum absolute atomic E-state index is 10.6. The molecule has 0 saturated carbocycles. The molecular formula is C15H26N4O3. The number of likely N-dealkylation sites (tertiary alicyclic amines) is 1. The lowest BCUT2D eigenvalue weighted by molar-refractivity contribution is -0.385. The summed E-state index contributed by atoms with van der Waals surface area (Å²) < 4.78 is 1.44. The Morgan fingerprint density at radius 2 is 2.18 bits per heavy atom. The Hall–Kier alpha value is -1.47. The first-order valence-corrected chi connectivity index (χ1v) is 8.10. The normalized spacial score (nSPS) is 20.6. The van der Waals surface area contributed by atoms with Crippen LogP contribution in [0.15, 0.2) is 12.4 Å². The quantitative estimate of drug-likeness (QED) is 0.585. The summed E-state index contributed by atoms with van der Waals surface area (Å²) in [5.74, 6) is 1.50. The van der Waals surface area contributed by atoms with Crippen LogP contribution in [0.4, 0.5) is 5.69 Å². The molecule has 1 saturated heterocycles. The Morgan fingerprint density at radius 1 is 1.45 bits per heavy atom. The molecule has 2 unspecified atom stereocenters. The molecule has 2 atom stereocenters. The van der Waals surface area contributed by atoms with Crippen molar-refractivity contribution in [2.75, 3.05) is 19.6 Å². The highest BCUT2D eigenvalue weighted by Crippen LogP contribution is 2.28. The third kappa shape index (κ3) is 4.27. The van der Waals surface area contributed by atoms with E-state index in [1.165, 1.54) is 36.3 Å². The molecule has 0 aromatic carbocycles. The lowest BCUT2D eigenvalue weighted by Gasteiger charge is -2.23. The van der Waals surface area contributed by atoms with Crippen molar-refractivity contribution in [2.24, 2.45) is 11.8 Å². The van der Waals surface area contributed by atoms with Crippen LogP contribution in [0, 0.1) is 22.0 Å². The Balaban J connectivity index is 1.80. The van der Waals surface area contributed by atoms with Crippen molar-refractivity contribution in [2.45, 2.75) is 45.8 Å². The molecule has 7 heteroatoms. The second-order valence-corrected chi connectivity index (χ2v) is 6.22. The number of hydrogen-bond acceptors (Lipinski definition) is 5. The highest BCUT2D eigenvalue weighted by atomic mass is 16.6. The summed E-state index contributed by atoms with van der Waals surface area (Å²) >= 11 is 0. The fraction of sp³-hybridized carbons (Fsp3) is 0.800. The van der Waals surface area contributed by atoms with Crippen molar-refractivity contribution in [3.8, 4) is 0 Å². The van der Waals surface area contributed by atoms with Crippen LogP contribution in [0.5, 0.6) is 0 Å². The summed E-state index contributed by atoms with van der Waals surface area (Å²) in [6.07, 6.45) is 5.65. The highest BCUT2D eigenvalue weighted by molar-refractivity contribution is 5.20. The Morgan fingerprint density at radius 3 is 2.77 bits per heavy atom. The summed E-state index contributed by atoms with van der Waals surface area (Å²) in [6.45, 7) is 7.46. The van der Waals surface area contributed by atoms with Crippen molar-refractivity contribution >= 4 is 5.69 Å². The fourth-order valence-corrected chi connectivity index (χ4v) is 3.49. The van der Waals surface area contributed by atoms with E-state index in [1.54, 1.807) is 0 Å². The lowest BCUT2D eigenvalue weighted by atomic mass is 9.87. The molecule has 2 heterocycles. The monoisotopic (exact) mass is 310 g/mol. The largest absolute Gasteiger partial charge is 0.390 e. The summed E-state index contributed by atoms with van der Waals surface area (Å²) in [6, 6.07) is 0. The van der Waals surface area contributed by atoms with Crippen LogP contribution in [-0.2, 0) is 6.54 Å². The van der Waals surface area contributed by atoms with E-state index in [1.807, 2.05) is 0 Å². The topological polar surface area (TPSA) is 84.4 Å². The summed E-state index contributed by atoms with van der Waals surface area (Å²) in [5, 5.41) is 24.7. The van der Waals surface area contributed by atoms with E-state index < -0.39 is 11.0 Å². The van der Waals surface area contributed by atoms with Gasteiger partial charge in [-0.15, -0.1) is 0 Å². The number of β-amino-alcohol motifs (C(OH)–C–C–N with tert-alkyl or cyclic N) is 1. The summed E-state index contributed by atoms with van der Waals surface area (Å²) in [5.41, 5.74) is -0.0397. The molecule has 0 spiro atoms. The zero-order valence-corrected chi connectivity index (χ0v) is 13.4. The van der Waals surface area contributed by atoms with Crippen molar-refractivity contribution < 1.29 is 10.0 Å². The van der Waals surface area contributed by atoms with Gasteiger partial charge in [0.1, 0.15) is 12.4 Å². The molecule has 1 aliphatic heterocycles. The first kappa shape index (κ1) is 16.9. The van der Waals surface area contributed by atoms with Crippen molar-refractivity contribution in [3.05, 3.63) is 22.5 Å². The Kier molecular flexibility index (Phi) is 5.90. The van der Waals surface area contributed by atoms with Crippen LogP contribution >= 0.6 is 0 Å². The predicted molar refractivity (Wildman–Crippen MR) is 83.5 cm³/mol. The van der Waals surface area contributed by atoms with Gasteiger partial charge in [0, 0.05) is 13.1 Å². The van der Waals surface area contributed by atoms with E-state index in [0.29, 0.717) is 13.1 Å². The van der Waals surface area contributed by atoms with Gasteiger partial charge in [0.25, 0.3) is 0 Å². The van der Waals surface area contributed by atoms with E-state index in [2.05, 4.69) is 23.8 Å². The molecule has 1 aromatic rings. The molecule has 1 aromatic heterocycles. The Labute approximate surface area is 131 Å². The summed E-state index contributed by atoms with van der Waals surface area (Å²) in [7, 11) is 0. The molecule has 1 fully saturated rings. The summed E-state index contributed by atoms with van der Waals surface area (Å²) in [4.78, 5) is 12.4. The van der Waals surface area contributed by atoms with E-state index in [9.17, 15) is 15.2 Å². The molecule has 0 amide bonds. The minimum absolute atomic E-state index is 0.0397. The van der Waals surface area contributed by atoms with Crippen LogP contribution in [0.25, 0.3) is 0 Å². The molecular weight excluding hydrogens is 284 g/mol. The van der Waals surface area contributed by atoms with E-state index in [-0.39, 0.29) is 5.69 Å². The van der Waals surface area contributed by atoms with Crippen LogP contribution in [-0.4, -0.2) is 50.4 Å². The molecule has 0 bridgehead atoms. The van der Waals surface area contributed by atoms with Gasteiger partial charge in [-0.2, -0.15) is 5.10 Å². The molecule has 0 aliphatic carbocycles. The zero-order chi connectivity index (χ0) is 16.1. The predicted octanol–water partition coefficient (Wildman–Crippen LogP) is 1.91. The maximum Gasteiger partial charge on any atom is 0.306 e. The fourth-order valence-electron chi connectivity index (χ4n) is 3.49. The lowest BCUT2D eigenvalue weighted by Crippen LogP contribution is -2.34. The van der Waals surface area contributed by atoms with Gasteiger partial charge in [-0.3, -0.25) is 14.8 Å². The number of aromatic nitrogens is 2. The molecule has 22 heavy (non-hydrogen) atoms. The third-order valence-corrected chi connectivity index (χ3v) is 4.72. The number of rotatable bonds is 8. The second kappa shape index (κ2) is 7.69. The molecule has 0 radical (unpaired) electrons. The molecule has 7 nitrogen and oxygen atoms in total. The van der Waals surface area contributed by atoms with E-state index in [4.69, 9.17) is 0 Å². The second-order valence-electron chi connectivity index (χ2n) is 6.22. The molecule has 2 rings (SSSR count). The van der Waals surface area contributed by atoms with Crippen LogP contribution in [0.2, 0.25) is 0 Å². The Bertz CT molecular complexity index is 487. The average Bonchev–Trinajstić information content (AvgIpc) is 3.10. The minimum atomic E-state index is -0.556. The third-order valence-electron chi connectivity index (χ3n) is 4.72. The van der Waals surface area contributed by atoms with Gasteiger partial charge in [-0.25, -0.2) is 0 Å². The van der Waals surface area contributed by atoms with Crippen LogP contribution < -0.4 is 0 Å². The average molecular weight is 310 g/mol. The first-order valence-electron chi connectivity index (χ1n) is 8.10. The van der Waals surface area contributed by atoms with Gasteiger partial charge < -0.3 is 10.0 Å². The van der Waals surface area contributed by atoms with Crippen molar-refractivity contribution in [1.82, 2.24) is 14.7 Å². The molecule has 1 aliphatic rings. The number of nitro groups is 1. The standard InChI is InChI=1S/C15H26N4O3/c1-3-12(4-2)13-5-6-17(8-13)10-15(20)11-18-9-14(7-16-18)19(21)22/h7,9,12-13,15,20H,3-6,8,10-11H2,1-2H3. The number of nitrogens with zero attached hydrogens (tertiary/aromatic N) is 4. The SMILES string of the molecule is CCC(CC)C1CCN(CC(O)Cn2cc([N+](=O)[O-])cn2)C1.